The maximum absolute atomic E-state index is 13.0. The van der Waals surface area contributed by atoms with Crippen LogP contribution in [0.3, 0.4) is 0 Å². The number of anilines is 1. The van der Waals surface area contributed by atoms with Gasteiger partial charge < -0.3 is 4.57 Å². The van der Waals surface area contributed by atoms with E-state index in [0.717, 1.165) is 32.8 Å². The molecular weight excluding hydrogens is 450 g/mol. The van der Waals surface area contributed by atoms with Crippen molar-refractivity contribution >= 4 is 43.3 Å². The van der Waals surface area contributed by atoms with Gasteiger partial charge in [0.05, 0.1) is 4.90 Å². The predicted octanol–water partition coefficient (Wildman–Crippen LogP) is 4.92. The van der Waals surface area contributed by atoms with Crippen molar-refractivity contribution in [2.45, 2.75) is 4.90 Å². The van der Waals surface area contributed by atoms with Gasteiger partial charge in [-0.2, -0.15) is 0 Å². The smallest absolute Gasteiger partial charge is 0.274 e. The number of sulfonamides is 1. The SMILES string of the molecule is Cn1cc(-c2cccc3ccccc23)c2cc(NS(=O)(=O)c3ccc(C(=O)NO)cc3)ccc21. The Morgan fingerprint density at radius 1 is 0.853 bits per heavy atom. The fourth-order valence-corrected chi connectivity index (χ4v) is 5.24. The number of fused-ring (bicyclic) bond motifs is 2. The lowest BCUT2D eigenvalue weighted by Crippen LogP contribution is -2.19. The molecule has 8 heteroatoms. The van der Waals surface area contributed by atoms with E-state index in [1.165, 1.54) is 29.7 Å². The predicted molar refractivity (Wildman–Crippen MR) is 132 cm³/mol. The zero-order valence-corrected chi connectivity index (χ0v) is 19.0. The van der Waals surface area contributed by atoms with Crippen LogP contribution in [0.2, 0.25) is 0 Å². The van der Waals surface area contributed by atoms with Gasteiger partial charge in [-0.25, -0.2) is 13.9 Å². The Morgan fingerprint density at radius 2 is 1.59 bits per heavy atom. The molecule has 0 spiro atoms. The Hall–Kier alpha value is -4.14. The van der Waals surface area contributed by atoms with Gasteiger partial charge in [-0.1, -0.05) is 42.5 Å². The molecule has 0 saturated carbocycles. The van der Waals surface area contributed by atoms with Crippen LogP contribution in [0.1, 0.15) is 10.4 Å². The molecule has 0 fully saturated rings. The summed E-state index contributed by atoms with van der Waals surface area (Å²) in [6.07, 6.45) is 2.05. The molecule has 7 nitrogen and oxygen atoms in total. The van der Waals surface area contributed by atoms with Crippen molar-refractivity contribution in [3.63, 3.8) is 0 Å². The van der Waals surface area contributed by atoms with Gasteiger partial charge in [-0.05, 0) is 58.8 Å². The summed E-state index contributed by atoms with van der Waals surface area (Å²) >= 11 is 0. The number of carbonyl (C=O) groups is 1. The molecule has 0 atom stereocenters. The van der Waals surface area contributed by atoms with Gasteiger partial charge >= 0.3 is 0 Å². The first-order valence-electron chi connectivity index (χ1n) is 10.5. The van der Waals surface area contributed by atoms with E-state index in [9.17, 15) is 13.2 Å². The van der Waals surface area contributed by atoms with Gasteiger partial charge in [0.25, 0.3) is 15.9 Å². The minimum absolute atomic E-state index is 0.00410. The molecule has 0 unspecified atom stereocenters. The largest absolute Gasteiger partial charge is 0.350 e. The number of nitrogens with zero attached hydrogens (tertiary/aromatic N) is 1. The lowest BCUT2D eigenvalue weighted by molar-refractivity contribution is 0.0706. The Kier molecular flexibility index (Phi) is 5.31. The number of rotatable bonds is 5. The highest BCUT2D eigenvalue weighted by Gasteiger charge is 2.17. The Balaban J connectivity index is 1.55. The van der Waals surface area contributed by atoms with Crippen LogP contribution in [0, 0.1) is 0 Å². The number of aromatic nitrogens is 1. The molecule has 170 valence electrons. The number of carbonyl (C=O) groups excluding carboxylic acids is 1. The van der Waals surface area contributed by atoms with Crippen LogP contribution in [0.4, 0.5) is 5.69 Å². The molecule has 1 aromatic heterocycles. The topological polar surface area (TPSA) is 100 Å². The number of hydrogen-bond donors (Lipinski definition) is 3. The van der Waals surface area contributed by atoms with E-state index >= 15 is 0 Å². The minimum atomic E-state index is -3.89. The van der Waals surface area contributed by atoms with Crippen LogP contribution in [-0.2, 0) is 17.1 Å². The normalized spacial score (nSPS) is 11.6. The molecular formula is C26H21N3O4S. The Morgan fingerprint density at radius 3 is 2.35 bits per heavy atom. The van der Waals surface area contributed by atoms with Gasteiger partial charge in [-0.3, -0.25) is 14.7 Å². The third-order valence-corrected chi connectivity index (χ3v) is 7.25. The monoisotopic (exact) mass is 471 g/mol. The molecule has 0 radical (unpaired) electrons. The number of benzene rings is 4. The van der Waals surface area contributed by atoms with E-state index in [1.807, 2.05) is 41.9 Å². The summed E-state index contributed by atoms with van der Waals surface area (Å²) in [4.78, 5) is 11.5. The molecule has 0 bridgehead atoms. The minimum Gasteiger partial charge on any atom is -0.350 e. The summed E-state index contributed by atoms with van der Waals surface area (Å²) < 4.78 is 30.6. The van der Waals surface area contributed by atoms with Crippen LogP contribution < -0.4 is 10.2 Å². The first kappa shape index (κ1) is 21.7. The van der Waals surface area contributed by atoms with Crippen molar-refractivity contribution < 1.29 is 18.4 Å². The fourth-order valence-electron chi connectivity index (χ4n) is 4.19. The van der Waals surface area contributed by atoms with E-state index in [-0.39, 0.29) is 10.5 Å². The van der Waals surface area contributed by atoms with E-state index < -0.39 is 15.9 Å². The van der Waals surface area contributed by atoms with E-state index in [1.54, 1.807) is 6.07 Å². The molecule has 0 aliphatic carbocycles. The first-order valence-corrected chi connectivity index (χ1v) is 12.0. The van der Waals surface area contributed by atoms with Crippen molar-refractivity contribution in [3.8, 4) is 11.1 Å². The van der Waals surface area contributed by atoms with E-state index in [2.05, 4.69) is 35.2 Å². The summed E-state index contributed by atoms with van der Waals surface area (Å²) in [7, 11) is -1.92. The Bertz CT molecular complexity index is 1650. The summed E-state index contributed by atoms with van der Waals surface area (Å²) in [5.41, 5.74) is 5.15. The van der Waals surface area contributed by atoms with Crippen LogP contribution >= 0.6 is 0 Å². The third kappa shape index (κ3) is 3.79. The second kappa shape index (κ2) is 8.33. The average Bonchev–Trinajstić information content (AvgIpc) is 3.18. The highest BCUT2D eigenvalue weighted by Crippen LogP contribution is 2.36. The number of nitrogens with one attached hydrogen (secondary N) is 2. The van der Waals surface area contributed by atoms with Gasteiger partial charge in [-0.15, -0.1) is 0 Å². The van der Waals surface area contributed by atoms with E-state index in [0.29, 0.717) is 5.69 Å². The number of aryl methyl sites for hydroxylation is 1. The van der Waals surface area contributed by atoms with Crippen LogP contribution in [0.15, 0.2) is 96.0 Å². The lowest BCUT2D eigenvalue weighted by Gasteiger charge is -2.10. The highest BCUT2D eigenvalue weighted by atomic mass is 32.2. The van der Waals surface area contributed by atoms with Crippen molar-refractivity contribution in [2.75, 3.05) is 4.72 Å². The summed E-state index contributed by atoms with van der Waals surface area (Å²) in [5, 5.41) is 11.9. The molecule has 0 aliphatic rings. The quantitative estimate of drug-likeness (QED) is 0.250. The second-order valence-corrected chi connectivity index (χ2v) is 9.67. The van der Waals surface area contributed by atoms with E-state index in [4.69, 9.17) is 5.21 Å². The highest BCUT2D eigenvalue weighted by molar-refractivity contribution is 7.92. The van der Waals surface area contributed by atoms with Crippen molar-refractivity contribution in [1.29, 1.82) is 0 Å². The molecule has 4 aromatic carbocycles. The second-order valence-electron chi connectivity index (χ2n) is 7.98. The van der Waals surface area contributed by atoms with Gasteiger partial charge in [0, 0.05) is 41.0 Å². The first-order chi connectivity index (χ1) is 16.4. The van der Waals surface area contributed by atoms with Crippen LogP contribution in [0.25, 0.3) is 32.8 Å². The molecule has 34 heavy (non-hydrogen) atoms. The summed E-state index contributed by atoms with van der Waals surface area (Å²) in [6.45, 7) is 0. The van der Waals surface area contributed by atoms with Crippen molar-refractivity contribution in [1.82, 2.24) is 10.0 Å². The number of hydroxylamine groups is 1. The third-order valence-electron chi connectivity index (χ3n) is 5.85. The molecule has 1 amide bonds. The standard InChI is InChI=1S/C26H21N3O4S/c1-29-16-24(22-8-4-6-17-5-2-3-7-21(17)22)23-15-19(11-14-25(23)29)28-34(32,33)20-12-9-18(10-13-20)26(30)27-31/h2-16,28,31H,1H3,(H,27,30). The molecule has 3 N–H and O–H groups in total. The zero-order valence-electron chi connectivity index (χ0n) is 18.2. The number of amides is 1. The van der Waals surface area contributed by atoms with Crippen LogP contribution in [-0.4, -0.2) is 24.1 Å². The molecule has 0 aliphatic heterocycles. The molecule has 5 aromatic rings. The van der Waals surface area contributed by atoms with Crippen molar-refractivity contribution in [2.24, 2.45) is 7.05 Å². The summed E-state index contributed by atoms with van der Waals surface area (Å²) in [5.74, 6) is -0.715. The van der Waals surface area contributed by atoms with Crippen molar-refractivity contribution in [3.05, 3.63) is 96.7 Å². The fraction of sp³-hybridized carbons (Fsp3) is 0.0385. The van der Waals surface area contributed by atoms with Gasteiger partial charge in [0.15, 0.2) is 0 Å². The molecule has 0 saturated heterocycles. The molecule has 5 rings (SSSR count). The zero-order chi connectivity index (χ0) is 23.9. The molecule has 1 heterocycles. The maximum Gasteiger partial charge on any atom is 0.274 e. The summed E-state index contributed by atoms with van der Waals surface area (Å²) in [6, 6.07) is 25.0. The van der Waals surface area contributed by atoms with Gasteiger partial charge in [0.2, 0.25) is 0 Å². The number of hydrogen-bond acceptors (Lipinski definition) is 4. The van der Waals surface area contributed by atoms with Crippen LogP contribution in [0.5, 0.6) is 0 Å². The maximum atomic E-state index is 13.0. The van der Waals surface area contributed by atoms with Gasteiger partial charge in [0.1, 0.15) is 0 Å². The lowest BCUT2D eigenvalue weighted by atomic mass is 9.98. The average molecular weight is 472 g/mol. The Labute approximate surface area is 196 Å².